The zero-order valence-electron chi connectivity index (χ0n) is 17.9. The number of carbonyl (C=O) groups is 1. The molecule has 1 N–H and O–H groups in total. The number of anilines is 1. The molecule has 2 heterocycles. The van der Waals surface area contributed by atoms with Crippen LogP contribution in [-0.2, 0) is 10.4 Å². The van der Waals surface area contributed by atoms with Crippen LogP contribution >= 0.6 is 0 Å². The van der Waals surface area contributed by atoms with E-state index in [2.05, 4.69) is 46.1 Å². The number of allylic oxidation sites excluding steroid dienone is 3. The highest BCUT2D eigenvalue weighted by Gasteiger charge is 2.33. The standard InChI is InChI=1S/C25H31N3O2/c1-25(2,30)21-14-22-19(15-28(26-22)20-10-6-17(16-29)7-11-20)13-24(21)27-12-4-3-5-23(27)18-8-9-18/h3-5,13-18,20,30H,6-12H2,1-2H3. The van der Waals surface area contributed by atoms with Crippen molar-refractivity contribution < 1.29 is 9.90 Å². The van der Waals surface area contributed by atoms with Gasteiger partial charge in [0.15, 0.2) is 0 Å². The summed E-state index contributed by atoms with van der Waals surface area (Å²) in [5, 5.41) is 17.0. The molecule has 2 aromatic rings. The minimum atomic E-state index is -0.953. The number of aldehydes is 1. The average Bonchev–Trinajstić information content (AvgIpc) is 3.51. The Bertz CT molecular complexity index is 1010. The molecule has 3 aliphatic rings. The maximum atomic E-state index is 11.1. The van der Waals surface area contributed by atoms with E-state index < -0.39 is 5.60 Å². The van der Waals surface area contributed by atoms with Gasteiger partial charge in [-0.1, -0.05) is 12.2 Å². The van der Waals surface area contributed by atoms with Gasteiger partial charge in [-0.2, -0.15) is 5.10 Å². The molecule has 2 aliphatic carbocycles. The van der Waals surface area contributed by atoms with Gasteiger partial charge in [0, 0.05) is 41.0 Å². The van der Waals surface area contributed by atoms with Crippen molar-refractivity contribution in [2.45, 2.75) is 64.0 Å². The van der Waals surface area contributed by atoms with E-state index in [1.807, 2.05) is 13.8 Å². The smallest absolute Gasteiger partial charge is 0.123 e. The third-order valence-electron chi connectivity index (χ3n) is 6.90. The van der Waals surface area contributed by atoms with Crippen LogP contribution in [0.15, 0.2) is 42.3 Å². The number of hydrogen-bond donors (Lipinski definition) is 1. The Morgan fingerprint density at radius 3 is 2.57 bits per heavy atom. The molecule has 0 radical (unpaired) electrons. The number of carbonyl (C=O) groups excluding carboxylic acids is 1. The lowest BCUT2D eigenvalue weighted by molar-refractivity contribution is -0.112. The summed E-state index contributed by atoms with van der Waals surface area (Å²) < 4.78 is 2.09. The molecule has 5 rings (SSSR count). The first-order valence-corrected chi connectivity index (χ1v) is 11.3. The van der Waals surface area contributed by atoms with Gasteiger partial charge in [0.25, 0.3) is 0 Å². The molecule has 1 aromatic heterocycles. The summed E-state index contributed by atoms with van der Waals surface area (Å²) in [7, 11) is 0. The van der Waals surface area contributed by atoms with Gasteiger partial charge < -0.3 is 14.8 Å². The number of fused-ring (bicyclic) bond motifs is 1. The monoisotopic (exact) mass is 405 g/mol. The molecule has 0 spiro atoms. The van der Waals surface area contributed by atoms with E-state index in [1.54, 1.807) is 0 Å². The second kappa shape index (κ2) is 7.38. The normalized spacial score (nSPS) is 24.9. The molecule has 30 heavy (non-hydrogen) atoms. The van der Waals surface area contributed by atoms with E-state index in [4.69, 9.17) is 5.10 Å². The summed E-state index contributed by atoms with van der Waals surface area (Å²) in [6.07, 6.45) is 16.2. The van der Waals surface area contributed by atoms with Gasteiger partial charge in [0.05, 0.1) is 17.2 Å². The van der Waals surface area contributed by atoms with Crippen molar-refractivity contribution in [3.63, 3.8) is 0 Å². The van der Waals surface area contributed by atoms with Gasteiger partial charge in [-0.3, -0.25) is 4.68 Å². The zero-order chi connectivity index (χ0) is 20.9. The third kappa shape index (κ3) is 3.60. The quantitative estimate of drug-likeness (QED) is 0.722. The number of hydrogen-bond acceptors (Lipinski definition) is 4. The van der Waals surface area contributed by atoms with E-state index in [0.717, 1.165) is 60.7 Å². The number of nitrogens with zero attached hydrogens (tertiary/aromatic N) is 3. The Balaban J connectivity index is 1.54. The lowest BCUT2D eigenvalue weighted by Gasteiger charge is -2.33. The summed E-state index contributed by atoms with van der Waals surface area (Å²) >= 11 is 0. The van der Waals surface area contributed by atoms with Gasteiger partial charge in [-0.05, 0) is 76.5 Å². The SMILES string of the molecule is CC(C)(O)c1cc2nn(C3CCC(C=O)CC3)cc2cc1N1CC=CC=C1C1CC1. The van der Waals surface area contributed by atoms with Gasteiger partial charge in [0.2, 0.25) is 0 Å². The van der Waals surface area contributed by atoms with Crippen molar-refractivity contribution in [3.05, 3.63) is 47.8 Å². The highest BCUT2D eigenvalue weighted by molar-refractivity contribution is 5.85. The van der Waals surface area contributed by atoms with E-state index in [0.29, 0.717) is 12.0 Å². The maximum Gasteiger partial charge on any atom is 0.123 e. The van der Waals surface area contributed by atoms with Crippen molar-refractivity contribution in [3.8, 4) is 0 Å². The molecule has 2 saturated carbocycles. The predicted octanol–water partition coefficient (Wildman–Crippen LogP) is 4.86. The summed E-state index contributed by atoms with van der Waals surface area (Å²) in [5.41, 5.74) is 3.35. The first-order valence-electron chi connectivity index (χ1n) is 11.3. The van der Waals surface area contributed by atoms with Crippen LogP contribution in [0.25, 0.3) is 10.9 Å². The molecular weight excluding hydrogens is 374 g/mol. The number of aliphatic hydroxyl groups is 1. The number of rotatable bonds is 5. The second-order valence-corrected chi connectivity index (χ2v) is 9.71. The molecule has 2 fully saturated rings. The Kier molecular flexibility index (Phi) is 4.81. The largest absolute Gasteiger partial charge is 0.386 e. The molecule has 158 valence electrons. The van der Waals surface area contributed by atoms with Gasteiger partial charge in [0.1, 0.15) is 6.29 Å². The van der Waals surface area contributed by atoms with Crippen LogP contribution in [-0.4, -0.2) is 27.7 Å². The van der Waals surface area contributed by atoms with E-state index >= 15 is 0 Å². The maximum absolute atomic E-state index is 11.1. The summed E-state index contributed by atoms with van der Waals surface area (Å²) in [6, 6.07) is 4.63. The van der Waals surface area contributed by atoms with Crippen molar-refractivity contribution in [2.75, 3.05) is 11.4 Å². The first kappa shape index (κ1) is 19.6. The highest BCUT2D eigenvalue weighted by atomic mass is 16.3. The highest BCUT2D eigenvalue weighted by Crippen LogP contribution is 2.44. The molecule has 1 aromatic carbocycles. The topological polar surface area (TPSA) is 58.4 Å². The lowest BCUT2D eigenvalue weighted by atomic mass is 9.87. The van der Waals surface area contributed by atoms with Crippen LogP contribution < -0.4 is 4.90 Å². The second-order valence-electron chi connectivity index (χ2n) is 9.71. The molecule has 1 aliphatic heterocycles. The van der Waals surface area contributed by atoms with Crippen LogP contribution in [0, 0.1) is 11.8 Å². The molecule has 5 heteroatoms. The number of aromatic nitrogens is 2. The van der Waals surface area contributed by atoms with Crippen LogP contribution in [0.4, 0.5) is 5.69 Å². The van der Waals surface area contributed by atoms with Crippen molar-refractivity contribution in [1.82, 2.24) is 9.78 Å². The molecule has 0 saturated heterocycles. The fourth-order valence-electron chi connectivity index (χ4n) is 4.98. The summed E-state index contributed by atoms with van der Waals surface area (Å²) in [4.78, 5) is 13.5. The van der Waals surface area contributed by atoms with Crippen molar-refractivity contribution in [1.29, 1.82) is 0 Å². The minimum Gasteiger partial charge on any atom is -0.386 e. The Morgan fingerprint density at radius 1 is 1.13 bits per heavy atom. The molecule has 5 nitrogen and oxygen atoms in total. The Labute approximate surface area is 178 Å². The lowest BCUT2D eigenvalue weighted by Crippen LogP contribution is -2.29. The van der Waals surface area contributed by atoms with Crippen molar-refractivity contribution in [2.24, 2.45) is 11.8 Å². The third-order valence-corrected chi connectivity index (χ3v) is 6.90. The fraction of sp³-hybridized carbons (Fsp3) is 0.520. The van der Waals surface area contributed by atoms with Gasteiger partial charge in [-0.15, -0.1) is 0 Å². The Hall–Kier alpha value is -2.40. The molecule has 0 atom stereocenters. The van der Waals surface area contributed by atoms with Gasteiger partial charge >= 0.3 is 0 Å². The molecule has 0 amide bonds. The predicted molar refractivity (Wildman–Crippen MR) is 119 cm³/mol. The van der Waals surface area contributed by atoms with E-state index in [-0.39, 0.29) is 5.92 Å². The van der Waals surface area contributed by atoms with Gasteiger partial charge in [-0.25, -0.2) is 0 Å². The number of benzene rings is 1. The van der Waals surface area contributed by atoms with E-state index in [9.17, 15) is 9.90 Å². The minimum absolute atomic E-state index is 0.208. The molecular formula is C25H31N3O2. The summed E-state index contributed by atoms with van der Waals surface area (Å²) in [5.74, 6) is 0.843. The fourth-order valence-corrected chi connectivity index (χ4v) is 4.98. The summed E-state index contributed by atoms with van der Waals surface area (Å²) in [6.45, 7) is 4.55. The van der Waals surface area contributed by atoms with Crippen LogP contribution in [0.1, 0.15) is 64.0 Å². The molecule has 0 bridgehead atoms. The molecule has 0 unspecified atom stereocenters. The Morgan fingerprint density at radius 2 is 1.90 bits per heavy atom. The van der Waals surface area contributed by atoms with E-state index in [1.165, 1.54) is 18.5 Å². The van der Waals surface area contributed by atoms with Crippen LogP contribution in [0.3, 0.4) is 0 Å². The average molecular weight is 406 g/mol. The van der Waals surface area contributed by atoms with Crippen LogP contribution in [0.2, 0.25) is 0 Å². The first-order chi connectivity index (χ1) is 14.4. The van der Waals surface area contributed by atoms with Crippen molar-refractivity contribution >= 4 is 22.9 Å². The zero-order valence-corrected chi connectivity index (χ0v) is 17.9. The van der Waals surface area contributed by atoms with Crippen LogP contribution in [0.5, 0.6) is 0 Å².